The van der Waals surface area contributed by atoms with Gasteiger partial charge in [0.2, 0.25) is 0 Å². The quantitative estimate of drug-likeness (QED) is 0.545. The lowest BCUT2D eigenvalue weighted by molar-refractivity contribution is 0.403. The van der Waals surface area contributed by atoms with E-state index in [0.717, 1.165) is 34.7 Å². The van der Waals surface area contributed by atoms with Gasteiger partial charge in [-0.05, 0) is 37.6 Å². The highest BCUT2D eigenvalue weighted by atomic mass is 16.3. The second-order valence-electron chi connectivity index (χ2n) is 5.13. The SMILES string of the molecule is CC1=CCc2c(c(O)c(O)c3ccc(C)cc23)C1. The van der Waals surface area contributed by atoms with Gasteiger partial charge in [0.05, 0.1) is 0 Å². The summed E-state index contributed by atoms with van der Waals surface area (Å²) in [7, 11) is 0. The molecular weight excluding hydrogens is 224 g/mol. The van der Waals surface area contributed by atoms with Gasteiger partial charge in [-0.3, -0.25) is 0 Å². The highest BCUT2D eigenvalue weighted by Crippen LogP contribution is 2.43. The van der Waals surface area contributed by atoms with Gasteiger partial charge in [0, 0.05) is 10.9 Å². The molecule has 0 heterocycles. The first-order chi connectivity index (χ1) is 8.58. The molecule has 3 rings (SSSR count). The maximum absolute atomic E-state index is 10.2. The molecule has 0 saturated heterocycles. The topological polar surface area (TPSA) is 40.5 Å². The molecule has 2 nitrogen and oxygen atoms in total. The molecule has 0 amide bonds. The maximum atomic E-state index is 10.2. The Morgan fingerprint density at radius 3 is 2.50 bits per heavy atom. The lowest BCUT2D eigenvalue weighted by Gasteiger charge is -2.20. The molecule has 92 valence electrons. The van der Waals surface area contributed by atoms with Gasteiger partial charge >= 0.3 is 0 Å². The van der Waals surface area contributed by atoms with Gasteiger partial charge in [0.25, 0.3) is 0 Å². The number of hydrogen-bond acceptors (Lipinski definition) is 2. The van der Waals surface area contributed by atoms with Crippen molar-refractivity contribution in [3.05, 3.63) is 46.5 Å². The standard InChI is InChI=1S/C16H16O2/c1-9-4-6-12-13(7-9)11-5-3-10(2)8-14(11)16(18)15(12)17/h3-4,6-7,17-18H,5,8H2,1-2H3. The van der Waals surface area contributed by atoms with Crippen molar-refractivity contribution in [1.82, 2.24) is 0 Å². The summed E-state index contributed by atoms with van der Waals surface area (Å²) in [6, 6.07) is 5.92. The van der Waals surface area contributed by atoms with Gasteiger partial charge in [0.1, 0.15) is 0 Å². The smallest absolute Gasteiger partial charge is 0.165 e. The normalized spacial score (nSPS) is 14.4. The van der Waals surface area contributed by atoms with E-state index in [4.69, 9.17) is 0 Å². The summed E-state index contributed by atoms with van der Waals surface area (Å²) in [6.45, 7) is 4.10. The second-order valence-corrected chi connectivity index (χ2v) is 5.13. The molecule has 0 radical (unpaired) electrons. The van der Waals surface area contributed by atoms with Crippen LogP contribution in [0, 0.1) is 6.92 Å². The zero-order valence-corrected chi connectivity index (χ0v) is 10.6. The second kappa shape index (κ2) is 3.77. The maximum Gasteiger partial charge on any atom is 0.165 e. The Morgan fingerprint density at radius 2 is 1.72 bits per heavy atom. The van der Waals surface area contributed by atoms with Crippen molar-refractivity contribution in [2.75, 3.05) is 0 Å². The zero-order chi connectivity index (χ0) is 12.9. The molecule has 2 aromatic rings. The van der Waals surface area contributed by atoms with Crippen LogP contribution in [0.1, 0.15) is 23.6 Å². The number of aromatic hydroxyl groups is 2. The van der Waals surface area contributed by atoms with Crippen LogP contribution >= 0.6 is 0 Å². The summed E-state index contributed by atoms with van der Waals surface area (Å²) in [6.07, 6.45) is 3.74. The molecule has 0 unspecified atom stereocenters. The van der Waals surface area contributed by atoms with Crippen molar-refractivity contribution in [1.29, 1.82) is 0 Å². The van der Waals surface area contributed by atoms with E-state index in [0.29, 0.717) is 0 Å². The lowest BCUT2D eigenvalue weighted by atomic mass is 9.86. The van der Waals surface area contributed by atoms with E-state index in [2.05, 4.69) is 19.1 Å². The molecule has 2 heteroatoms. The molecule has 0 bridgehead atoms. The number of allylic oxidation sites excluding steroid dienone is 2. The van der Waals surface area contributed by atoms with Crippen molar-refractivity contribution < 1.29 is 10.2 Å². The number of fused-ring (bicyclic) bond motifs is 3. The van der Waals surface area contributed by atoms with Gasteiger partial charge < -0.3 is 10.2 Å². The third-order valence-corrected chi connectivity index (χ3v) is 3.74. The van der Waals surface area contributed by atoms with Crippen molar-refractivity contribution in [3.8, 4) is 11.5 Å². The minimum absolute atomic E-state index is 0.0125. The molecule has 2 N–H and O–H groups in total. The molecule has 0 saturated carbocycles. The van der Waals surface area contributed by atoms with E-state index in [1.807, 2.05) is 19.1 Å². The van der Waals surface area contributed by atoms with Gasteiger partial charge in [-0.2, -0.15) is 0 Å². The minimum Gasteiger partial charge on any atom is -0.504 e. The Bertz CT molecular complexity index is 681. The van der Waals surface area contributed by atoms with Crippen LogP contribution in [0.2, 0.25) is 0 Å². The summed E-state index contributed by atoms with van der Waals surface area (Å²) in [5, 5.41) is 22.1. The van der Waals surface area contributed by atoms with Crippen LogP contribution in [0.5, 0.6) is 11.5 Å². The first-order valence-corrected chi connectivity index (χ1v) is 6.19. The van der Waals surface area contributed by atoms with Crippen LogP contribution in [0.25, 0.3) is 10.8 Å². The highest BCUT2D eigenvalue weighted by Gasteiger charge is 2.20. The number of phenolic OH excluding ortho intramolecular Hbond substituents is 2. The average molecular weight is 240 g/mol. The van der Waals surface area contributed by atoms with Gasteiger partial charge in [-0.25, -0.2) is 0 Å². The minimum atomic E-state index is 0.0125. The molecule has 18 heavy (non-hydrogen) atoms. The Balaban J connectivity index is 2.42. The van der Waals surface area contributed by atoms with E-state index >= 15 is 0 Å². The number of hydrogen-bond donors (Lipinski definition) is 2. The molecule has 1 aliphatic rings. The van der Waals surface area contributed by atoms with Crippen LogP contribution in [-0.4, -0.2) is 10.2 Å². The first-order valence-electron chi connectivity index (χ1n) is 6.19. The molecule has 0 fully saturated rings. The number of aryl methyl sites for hydroxylation is 1. The summed E-state index contributed by atoms with van der Waals surface area (Å²) < 4.78 is 0. The number of rotatable bonds is 0. The van der Waals surface area contributed by atoms with Crippen LogP contribution < -0.4 is 0 Å². The number of benzene rings is 2. The third-order valence-electron chi connectivity index (χ3n) is 3.74. The van der Waals surface area contributed by atoms with E-state index in [1.165, 1.54) is 11.1 Å². The average Bonchev–Trinajstić information content (AvgIpc) is 2.35. The fraction of sp³-hybridized carbons (Fsp3) is 0.250. The Morgan fingerprint density at radius 1 is 0.944 bits per heavy atom. The van der Waals surface area contributed by atoms with Crippen LogP contribution in [0.15, 0.2) is 29.8 Å². The summed E-state index contributed by atoms with van der Waals surface area (Å²) >= 11 is 0. The van der Waals surface area contributed by atoms with Gasteiger partial charge in [0.15, 0.2) is 11.5 Å². The van der Waals surface area contributed by atoms with Gasteiger partial charge in [-0.1, -0.05) is 35.4 Å². The van der Waals surface area contributed by atoms with E-state index in [1.54, 1.807) is 0 Å². The molecule has 2 aromatic carbocycles. The molecule has 1 aliphatic carbocycles. The van der Waals surface area contributed by atoms with Crippen molar-refractivity contribution in [3.63, 3.8) is 0 Å². The molecule has 0 spiro atoms. The van der Waals surface area contributed by atoms with Crippen LogP contribution in [0.4, 0.5) is 0 Å². The van der Waals surface area contributed by atoms with Crippen molar-refractivity contribution in [2.24, 2.45) is 0 Å². The van der Waals surface area contributed by atoms with Crippen LogP contribution in [-0.2, 0) is 12.8 Å². The Labute approximate surface area is 106 Å². The summed E-state index contributed by atoms with van der Waals surface area (Å²) in [5.74, 6) is 0.0623. The van der Waals surface area contributed by atoms with E-state index in [-0.39, 0.29) is 11.5 Å². The highest BCUT2D eigenvalue weighted by molar-refractivity contribution is 5.95. The third kappa shape index (κ3) is 1.49. The monoisotopic (exact) mass is 240 g/mol. The van der Waals surface area contributed by atoms with Crippen molar-refractivity contribution >= 4 is 10.8 Å². The summed E-state index contributed by atoms with van der Waals surface area (Å²) in [5.41, 5.74) is 4.44. The Kier molecular flexibility index (Phi) is 2.34. The molecule has 0 aromatic heterocycles. The predicted molar refractivity (Wildman–Crippen MR) is 73.2 cm³/mol. The van der Waals surface area contributed by atoms with Crippen molar-refractivity contribution in [2.45, 2.75) is 26.7 Å². The zero-order valence-electron chi connectivity index (χ0n) is 10.6. The van der Waals surface area contributed by atoms with Gasteiger partial charge in [-0.15, -0.1) is 0 Å². The first kappa shape index (κ1) is 11.1. The fourth-order valence-corrected chi connectivity index (χ4v) is 2.74. The van der Waals surface area contributed by atoms with E-state index in [9.17, 15) is 10.2 Å². The largest absolute Gasteiger partial charge is 0.504 e. The Hall–Kier alpha value is -1.96. The fourth-order valence-electron chi connectivity index (χ4n) is 2.74. The molecule has 0 aliphatic heterocycles. The molecule has 0 atom stereocenters. The van der Waals surface area contributed by atoms with Crippen LogP contribution in [0.3, 0.4) is 0 Å². The molecular formula is C16H16O2. The predicted octanol–water partition coefficient (Wildman–Crippen LogP) is 3.60. The number of phenols is 2. The lowest BCUT2D eigenvalue weighted by Crippen LogP contribution is -2.03. The summed E-state index contributed by atoms with van der Waals surface area (Å²) in [4.78, 5) is 0. The van der Waals surface area contributed by atoms with E-state index < -0.39 is 0 Å².